The van der Waals surface area contributed by atoms with E-state index in [9.17, 15) is 9.90 Å². The monoisotopic (exact) mass is 369 g/mol. The van der Waals surface area contributed by atoms with Crippen LogP contribution in [0.2, 0.25) is 0 Å². The highest BCUT2D eigenvalue weighted by Crippen LogP contribution is 2.17. The van der Waals surface area contributed by atoms with Crippen molar-refractivity contribution in [1.82, 2.24) is 9.55 Å². The fourth-order valence-electron chi connectivity index (χ4n) is 1.49. The lowest BCUT2D eigenvalue weighted by Crippen LogP contribution is -2.31. The molecule has 0 aliphatic carbocycles. The van der Waals surface area contributed by atoms with Gasteiger partial charge in [0.05, 0.1) is 9.67 Å². The molecular weight excluding hydrogens is 353 g/mol. The van der Waals surface area contributed by atoms with Crippen molar-refractivity contribution in [2.45, 2.75) is 25.2 Å². The fourth-order valence-corrected chi connectivity index (χ4v) is 1.91. The van der Waals surface area contributed by atoms with Crippen molar-refractivity contribution in [3.05, 3.63) is 20.3 Å². The summed E-state index contributed by atoms with van der Waals surface area (Å²) in [4.78, 5) is 15.4. The Morgan fingerprint density at radius 1 is 1.67 bits per heavy atom. The summed E-state index contributed by atoms with van der Waals surface area (Å²) < 4.78 is 7.07. The molecule has 0 fully saturated rings. The second kappa shape index (κ2) is 7.02. The number of hydrogen-bond donors (Lipinski definition) is 3. The summed E-state index contributed by atoms with van der Waals surface area (Å²) in [5.74, 6) is 0.169. The van der Waals surface area contributed by atoms with E-state index >= 15 is 0 Å². The first-order valence-electron chi connectivity index (χ1n) is 5.35. The molecule has 0 aliphatic heterocycles. The Morgan fingerprint density at radius 3 is 2.89 bits per heavy atom. The number of halogens is 1. The van der Waals surface area contributed by atoms with Crippen LogP contribution in [0.25, 0.3) is 0 Å². The Balaban J connectivity index is 2.95. The zero-order valence-electron chi connectivity index (χ0n) is 9.91. The summed E-state index contributed by atoms with van der Waals surface area (Å²) in [6, 6.07) is 0. The number of ether oxygens (including phenoxy) is 1. The van der Waals surface area contributed by atoms with E-state index in [0.717, 1.165) is 0 Å². The van der Waals surface area contributed by atoms with Crippen LogP contribution in [0.15, 0.2) is 11.0 Å². The van der Waals surface area contributed by atoms with E-state index in [1.165, 1.54) is 17.9 Å². The van der Waals surface area contributed by atoms with Crippen LogP contribution in [0.5, 0.6) is 0 Å². The standard InChI is InChI=1S/C10H16IN3O4/c1-18-8(4-6(16)2-3-15)14-5-7(11)9(12)13-10(14)17/h5-6,8,15-16H,2-4H2,1H3,(H2,12,13,17)/t6-,8+/m0/s1. The van der Waals surface area contributed by atoms with Gasteiger partial charge in [0, 0.05) is 26.3 Å². The lowest BCUT2D eigenvalue weighted by molar-refractivity contribution is -0.00932. The van der Waals surface area contributed by atoms with Crippen LogP contribution in [0.1, 0.15) is 19.1 Å². The molecule has 4 N–H and O–H groups in total. The molecule has 0 bridgehead atoms. The van der Waals surface area contributed by atoms with Gasteiger partial charge in [0.2, 0.25) is 0 Å². The predicted molar refractivity (Wildman–Crippen MR) is 74.0 cm³/mol. The van der Waals surface area contributed by atoms with E-state index in [0.29, 0.717) is 3.57 Å². The second-order valence-electron chi connectivity index (χ2n) is 3.76. The van der Waals surface area contributed by atoms with Gasteiger partial charge in [-0.25, -0.2) is 4.79 Å². The highest BCUT2D eigenvalue weighted by Gasteiger charge is 2.18. The second-order valence-corrected chi connectivity index (χ2v) is 4.92. The number of aromatic nitrogens is 2. The molecule has 1 heterocycles. The van der Waals surface area contributed by atoms with Crippen LogP contribution >= 0.6 is 22.6 Å². The third-order valence-electron chi connectivity index (χ3n) is 2.45. The van der Waals surface area contributed by atoms with Gasteiger partial charge in [0.15, 0.2) is 0 Å². The molecule has 1 rings (SSSR count). The first-order chi connectivity index (χ1) is 8.49. The Labute approximate surface area is 118 Å². The summed E-state index contributed by atoms with van der Waals surface area (Å²) >= 11 is 1.96. The largest absolute Gasteiger partial charge is 0.396 e. The maximum absolute atomic E-state index is 11.7. The molecule has 0 saturated heterocycles. The number of aliphatic hydroxyl groups excluding tert-OH is 2. The maximum atomic E-state index is 11.7. The molecule has 0 aromatic carbocycles. The zero-order valence-corrected chi connectivity index (χ0v) is 12.1. The van der Waals surface area contributed by atoms with Gasteiger partial charge in [-0.1, -0.05) is 0 Å². The van der Waals surface area contributed by atoms with Crippen LogP contribution in [0.3, 0.4) is 0 Å². The van der Waals surface area contributed by atoms with E-state index in [4.69, 9.17) is 15.6 Å². The molecule has 0 aliphatic rings. The number of aliphatic hydroxyl groups is 2. The molecule has 0 radical (unpaired) electrons. The van der Waals surface area contributed by atoms with Crippen molar-refractivity contribution in [2.24, 2.45) is 0 Å². The lowest BCUT2D eigenvalue weighted by Gasteiger charge is -2.20. The Hall–Kier alpha value is -0.710. The summed E-state index contributed by atoms with van der Waals surface area (Å²) in [6.45, 7) is -0.121. The molecule has 1 aromatic heterocycles. The van der Waals surface area contributed by atoms with Crippen molar-refractivity contribution >= 4 is 28.4 Å². The molecule has 7 nitrogen and oxygen atoms in total. The average molecular weight is 369 g/mol. The van der Waals surface area contributed by atoms with Crippen molar-refractivity contribution in [3.63, 3.8) is 0 Å². The number of nitrogen functional groups attached to an aromatic ring is 1. The summed E-state index contributed by atoms with van der Waals surface area (Å²) in [5, 5.41) is 18.4. The van der Waals surface area contributed by atoms with E-state index in [1.807, 2.05) is 22.6 Å². The lowest BCUT2D eigenvalue weighted by atomic mass is 10.2. The number of anilines is 1. The first-order valence-corrected chi connectivity index (χ1v) is 6.43. The van der Waals surface area contributed by atoms with Gasteiger partial charge in [0.25, 0.3) is 0 Å². The average Bonchev–Trinajstić information content (AvgIpc) is 2.31. The van der Waals surface area contributed by atoms with Crippen LogP contribution < -0.4 is 11.4 Å². The topological polar surface area (TPSA) is 111 Å². The van der Waals surface area contributed by atoms with Gasteiger partial charge in [-0.05, 0) is 29.0 Å². The highest BCUT2D eigenvalue weighted by atomic mass is 127. The van der Waals surface area contributed by atoms with Gasteiger partial charge in [-0.15, -0.1) is 0 Å². The summed E-state index contributed by atoms with van der Waals surface area (Å²) in [7, 11) is 1.44. The minimum Gasteiger partial charge on any atom is -0.396 e. The Kier molecular flexibility index (Phi) is 5.99. The highest BCUT2D eigenvalue weighted by molar-refractivity contribution is 14.1. The summed E-state index contributed by atoms with van der Waals surface area (Å²) in [6.07, 6.45) is 0.570. The number of nitrogens with two attached hydrogens (primary N) is 1. The van der Waals surface area contributed by atoms with Crippen LogP contribution in [0.4, 0.5) is 5.82 Å². The van der Waals surface area contributed by atoms with Crippen molar-refractivity contribution < 1.29 is 14.9 Å². The molecule has 0 unspecified atom stereocenters. The number of nitrogens with zero attached hydrogens (tertiary/aromatic N) is 2. The molecule has 1 aromatic rings. The molecule has 18 heavy (non-hydrogen) atoms. The Morgan fingerprint density at radius 2 is 2.33 bits per heavy atom. The quantitative estimate of drug-likeness (QED) is 0.595. The van der Waals surface area contributed by atoms with Crippen molar-refractivity contribution in [3.8, 4) is 0 Å². The molecule has 0 saturated carbocycles. The molecule has 0 spiro atoms. The van der Waals surface area contributed by atoms with Gasteiger partial charge in [-0.3, -0.25) is 4.57 Å². The van der Waals surface area contributed by atoms with Gasteiger partial charge in [-0.2, -0.15) is 4.98 Å². The van der Waals surface area contributed by atoms with Crippen molar-refractivity contribution in [2.75, 3.05) is 19.5 Å². The number of methoxy groups -OCH3 is 1. The third-order valence-corrected chi connectivity index (χ3v) is 3.28. The third kappa shape index (κ3) is 3.90. The maximum Gasteiger partial charge on any atom is 0.351 e. The fraction of sp³-hybridized carbons (Fsp3) is 0.600. The van der Waals surface area contributed by atoms with Crippen molar-refractivity contribution in [1.29, 1.82) is 0 Å². The van der Waals surface area contributed by atoms with Gasteiger partial charge in [0.1, 0.15) is 12.0 Å². The molecular formula is C10H16IN3O4. The molecule has 8 heteroatoms. The molecule has 2 atom stereocenters. The van der Waals surface area contributed by atoms with Crippen LogP contribution in [-0.2, 0) is 4.74 Å². The smallest absolute Gasteiger partial charge is 0.351 e. The Bertz CT molecular complexity index is 451. The first kappa shape index (κ1) is 15.3. The van der Waals surface area contributed by atoms with E-state index in [2.05, 4.69) is 4.98 Å². The van der Waals surface area contributed by atoms with E-state index in [-0.39, 0.29) is 25.3 Å². The minimum atomic E-state index is -0.748. The number of hydrogen-bond acceptors (Lipinski definition) is 6. The normalized spacial score (nSPS) is 14.4. The minimum absolute atomic E-state index is 0.121. The SMILES string of the molecule is CO[C@H](C[C@@H](O)CCO)n1cc(I)c(N)nc1=O. The summed E-state index contributed by atoms with van der Waals surface area (Å²) in [5.41, 5.74) is 4.99. The van der Waals surface area contributed by atoms with Gasteiger partial charge < -0.3 is 20.7 Å². The van der Waals surface area contributed by atoms with E-state index in [1.54, 1.807) is 0 Å². The van der Waals surface area contributed by atoms with Crippen LogP contribution in [-0.4, -0.2) is 39.6 Å². The molecule has 102 valence electrons. The number of rotatable bonds is 6. The van der Waals surface area contributed by atoms with Crippen LogP contribution in [0, 0.1) is 3.57 Å². The predicted octanol–water partition coefficient (Wildman–Crippen LogP) is -0.292. The van der Waals surface area contributed by atoms with E-state index < -0.39 is 18.0 Å². The van der Waals surface area contributed by atoms with Gasteiger partial charge >= 0.3 is 5.69 Å². The molecule has 0 amide bonds. The zero-order chi connectivity index (χ0) is 13.7.